The maximum absolute atomic E-state index is 11.8. The van der Waals surface area contributed by atoms with E-state index >= 15 is 0 Å². The normalized spacial score (nSPS) is 22.5. The van der Waals surface area contributed by atoms with Gasteiger partial charge in [0.2, 0.25) is 11.8 Å². The molecule has 0 aromatic rings. The zero-order valence-electron chi connectivity index (χ0n) is 11.7. The first kappa shape index (κ1) is 18.1. The van der Waals surface area contributed by atoms with Gasteiger partial charge in [-0.15, -0.1) is 12.4 Å². The number of carbonyl (C=O) groups is 2. The van der Waals surface area contributed by atoms with Crippen LogP contribution >= 0.6 is 12.4 Å². The number of carbonyl (C=O) groups excluding carboxylic acids is 2. The third kappa shape index (κ3) is 6.22. The molecule has 3 N–H and O–H groups in total. The van der Waals surface area contributed by atoms with E-state index in [1.807, 2.05) is 20.8 Å². The van der Waals surface area contributed by atoms with Gasteiger partial charge >= 0.3 is 0 Å². The fourth-order valence-corrected chi connectivity index (χ4v) is 1.71. The summed E-state index contributed by atoms with van der Waals surface area (Å²) in [6, 6.07) is -0.306. The molecule has 1 aliphatic rings. The van der Waals surface area contributed by atoms with Gasteiger partial charge in [0.15, 0.2) is 0 Å². The Bertz CT molecular complexity index is 300. The van der Waals surface area contributed by atoms with Crippen LogP contribution in [0.15, 0.2) is 0 Å². The van der Waals surface area contributed by atoms with Crippen molar-refractivity contribution < 1.29 is 14.3 Å². The summed E-state index contributed by atoms with van der Waals surface area (Å²) in [6.45, 7) is 7.74. The Morgan fingerprint density at radius 3 is 2.53 bits per heavy atom. The molecule has 1 heterocycles. The second-order valence-corrected chi connectivity index (χ2v) is 4.74. The first-order chi connectivity index (χ1) is 8.52. The second kappa shape index (κ2) is 9.12. The van der Waals surface area contributed by atoms with Gasteiger partial charge in [-0.1, -0.05) is 13.8 Å². The van der Waals surface area contributed by atoms with E-state index in [2.05, 4.69) is 16.0 Å². The average molecular weight is 294 g/mol. The molecule has 0 saturated carbocycles. The van der Waals surface area contributed by atoms with Gasteiger partial charge in [-0.3, -0.25) is 9.59 Å². The molecular formula is C12H24ClN3O3. The Labute approximate surface area is 120 Å². The molecule has 1 fully saturated rings. The van der Waals surface area contributed by atoms with Crippen molar-refractivity contribution in [3.8, 4) is 0 Å². The van der Waals surface area contributed by atoms with Crippen LogP contribution < -0.4 is 16.0 Å². The fourth-order valence-electron chi connectivity index (χ4n) is 1.71. The SMILES string of the molecule is CC(C)C(=O)NCCNC(=O)[C@H]1NCCO[C@@H]1C.Cl. The number of halogens is 1. The summed E-state index contributed by atoms with van der Waals surface area (Å²) in [4.78, 5) is 23.1. The van der Waals surface area contributed by atoms with Crippen LogP contribution in [0.2, 0.25) is 0 Å². The molecule has 1 saturated heterocycles. The van der Waals surface area contributed by atoms with Crippen LogP contribution in [0.5, 0.6) is 0 Å². The second-order valence-electron chi connectivity index (χ2n) is 4.74. The highest BCUT2D eigenvalue weighted by atomic mass is 35.5. The number of nitrogens with one attached hydrogen (secondary N) is 3. The van der Waals surface area contributed by atoms with Crippen LogP contribution in [0, 0.1) is 5.92 Å². The van der Waals surface area contributed by atoms with Gasteiger partial charge in [0.1, 0.15) is 6.04 Å². The Morgan fingerprint density at radius 2 is 1.95 bits per heavy atom. The van der Waals surface area contributed by atoms with Gasteiger partial charge in [0.05, 0.1) is 12.7 Å². The van der Waals surface area contributed by atoms with Crippen molar-refractivity contribution in [3.05, 3.63) is 0 Å². The van der Waals surface area contributed by atoms with Crippen LogP contribution in [-0.4, -0.2) is 50.2 Å². The maximum atomic E-state index is 11.8. The molecule has 0 aliphatic carbocycles. The summed E-state index contributed by atoms with van der Waals surface area (Å²) in [5.74, 6) is -0.119. The van der Waals surface area contributed by atoms with E-state index in [-0.39, 0.29) is 42.3 Å². The molecule has 0 spiro atoms. The zero-order chi connectivity index (χ0) is 13.5. The topological polar surface area (TPSA) is 79.5 Å². The van der Waals surface area contributed by atoms with Gasteiger partial charge in [-0.2, -0.15) is 0 Å². The highest BCUT2D eigenvalue weighted by Gasteiger charge is 2.27. The molecule has 6 nitrogen and oxygen atoms in total. The predicted octanol–water partition coefficient (Wildman–Crippen LogP) is -0.326. The van der Waals surface area contributed by atoms with E-state index in [9.17, 15) is 9.59 Å². The molecule has 0 radical (unpaired) electrons. The summed E-state index contributed by atoms with van der Waals surface area (Å²) >= 11 is 0. The fraction of sp³-hybridized carbons (Fsp3) is 0.833. The number of rotatable bonds is 5. The van der Waals surface area contributed by atoms with E-state index in [1.165, 1.54) is 0 Å². The van der Waals surface area contributed by atoms with Gasteiger partial charge in [0.25, 0.3) is 0 Å². The minimum atomic E-state index is -0.306. The number of ether oxygens (including phenoxy) is 1. The number of amides is 2. The van der Waals surface area contributed by atoms with E-state index < -0.39 is 0 Å². The highest BCUT2D eigenvalue weighted by molar-refractivity contribution is 5.85. The van der Waals surface area contributed by atoms with E-state index in [4.69, 9.17) is 4.74 Å². The number of hydrogen-bond acceptors (Lipinski definition) is 4. The summed E-state index contributed by atoms with van der Waals surface area (Å²) in [5.41, 5.74) is 0. The smallest absolute Gasteiger partial charge is 0.239 e. The van der Waals surface area contributed by atoms with E-state index in [1.54, 1.807) is 0 Å². The van der Waals surface area contributed by atoms with Gasteiger partial charge in [0, 0.05) is 25.6 Å². The van der Waals surface area contributed by atoms with Gasteiger partial charge < -0.3 is 20.7 Å². The monoisotopic (exact) mass is 293 g/mol. The molecule has 1 rings (SSSR count). The maximum Gasteiger partial charge on any atom is 0.239 e. The molecule has 0 aromatic carbocycles. The molecule has 2 amide bonds. The van der Waals surface area contributed by atoms with Crippen LogP contribution in [0.1, 0.15) is 20.8 Å². The highest BCUT2D eigenvalue weighted by Crippen LogP contribution is 2.03. The zero-order valence-corrected chi connectivity index (χ0v) is 12.5. The van der Waals surface area contributed by atoms with Crippen molar-refractivity contribution in [3.63, 3.8) is 0 Å². The molecule has 0 bridgehead atoms. The van der Waals surface area contributed by atoms with E-state index in [0.29, 0.717) is 26.2 Å². The minimum absolute atomic E-state index is 0. The summed E-state index contributed by atoms with van der Waals surface area (Å²) in [6.07, 6.45) is -0.121. The standard InChI is InChI=1S/C12H23N3O3.ClH/c1-8(2)11(16)14-4-5-15-12(17)10-9(3)18-7-6-13-10;/h8-10,13H,4-7H2,1-3H3,(H,14,16)(H,15,17);1H/t9-,10+;/m1./s1. The molecule has 0 aromatic heterocycles. The predicted molar refractivity (Wildman–Crippen MR) is 75.3 cm³/mol. The molecule has 1 aliphatic heterocycles. The van der Waals surface area contributed by atoms with E-state index in [0.717, 1.165) is 0 Å². The molecular weight excluding hydrogens is 270 g/mol. The first-order valence-electron chi connectivity index (χ1n) is 6.42. The van der Waals surface area contributed by atoms with Gasteiger partial charge in [-0.05, 0) is 6.92 Å². The van der Waals surface area contributed by atoms with Crippen LogP contribution in [0.4, 0.5) is 0 Å². The van der Waals surface area contributed by atoms with Crippen molar-refractivity contribution in [2.75, 3.05) is 26.2 Å². The van der Waals surface area contributed by atoms with Crippen molar-refractivity contribution in [2.24, 2.45) is 5.92 Å². The third-order valence-electron chi connectivity index (χ3n) is 2.85. The lowest BCUT2D eigenvalue weighted by atomic mass is 10.1. The van der Waals surface area contributed by atoms with Crippen molar-refractivity contribution in [1.29, 1.82) is 0 Å². The molecule has 112 valence electrons. The molecule has 0 unspecified atom stereocenters. The van der Waals surface area contributed by atoms with Gasteiger partial charge in [-0.25, -0.2) is 0 Å². The molecule has 7 heteroatoms. The van der Waals surface area contributed by atoms with Crippen LogP contribution in [0.3, 0.4) is 0 Å². The quantitative estimate of drug-likeness (QED) is 0.607. The Balaban J connectivity index is 0.00000324. The van der Waals surface area contributed by atoms with Crippen molar-refractivity contribution in [1.82, 2.24) is 16.0 Å². The number of hydrogen-bond donors (Lipinski definition) is 3. The Kier molecular flexibility index (Phi) is 8.71. The third-order valence-corrected chi connectivity index (χ3v) is 2.85. The largest absolute Gasteiger partial charge is 0.375 e. The number of morpholine rings is 1. The van der Waals surface area contributed by atoms with Crippen LogP contribution in [-0.2, 0) is 14.3 Å². The minimum Gasteiger partial charge on any atom is -0.375 e. The lowest BCUT2D eigenvalue weighted by Crippen LogP contribution is -2.56. The Morgan fingerprint density at radius 1 is 1.32 bits per heavy atom. The van der Waals surface area contributed by atoms with Crippen molar-refractivity contribution in [2.45, 2.75) is 32.9 Å². The lowest BCUT2D eigenvalue weighted by molar-refractivity contribution is -0.129. The summed E-state index contributed by atoms with van der Waals surface area (Å²) < 4.78 is 5.39. The first-order valence-corrected chi connectivity index (χ1v) is 6.42. The Hall–Kier alpha value is -0.850. The summed E-state index contributed by atoms with van der Waals surface area (Å²) in [7, 11) is 0. The van der Waals surface area contributed by atoms with Crippen LogP contribution in [0.25, 0.3) is 0 Å². The molecule has 2 atom stereocenters. The van der Waals surface area contributed by atoms with Crippen molar-refractivity contribution >= 4 is 24.2 Å². The lowest BCUT2D eigenvalue weighted by Gasteiger charge is -2.29. The summed E-state index contributed by atoms with van der Waals surface area (Å²) in [5, 5.41) is 8.64. The molecule has 19 heavy (non-hydrogen) atoms. The average Bonchev–Trinajstić information content (AvgIpc) is 2.34.